The molecule has 0 heterocycles. The summed E-state index contributed by atoms with van der Waals surface area (Å²) in [5.41, 5.74) is 6.62. The molecule has 0 bridgehead atoms. The standard InChI is InChI=1S/C15H23N3O3/c1-4-10(3)18-14(19)9-21-13-7-6-11(8-12(13)16)15(20)17-5-2/h6-8,10H,4-5,9,16H2,1-3H3,(H,17,20)(H,18,19). The molecular formula is C15H23N3O3. The average molecular weight is 293 g/mol. The molecule has 2 amide bonds. The van der Waals surface area contributed by atoms with E-state index < -0.39 is 0 Å². The Morgan fingerprint density at radius 1 is 1.33 bits per heavy atom. The summed E-state index contributed by atoms with van der Waals surface area (Å²) in [5, 5.41) is 5.48. The Kier molecular flexibility index (Phi) is 6.52. The summed E-state index contributed by atoms with van der Waals surface area (Å²) in [6, 6.07) is 4.85. The molecule has 0 saturated heterocycles. The van der Waals surface area contributed by atoms with Crippen molar-refractivity contribution in [3.8, 4) is 5.75 Å². The van der Waals surface area contributed by atoms with Gasteiger partial charge in [0.2, 0.25) is 0 Å². The zero-order valence-corrected chi connectivity index (χ0v) is 12.7. The van der Waals surface area contributed by atoms with Crippen molar-refractivity contribution in [2.75, 3.05) is 18.9 Å². The second-order valence-electron chi connectivity index (χ2n) is 4.78. The van der Waals surface area contributed by atoms with Gasteiger partial charge in [-0.15, -0.1) is 0 Å². The fraction of sp³-hybridized carbons (Fsp3) is 0.467. The highest BCUT2D eigenvalue weighted by Gasteiger charge is 2.10. The van der Waals surface area contributed by atoms with Gasteiger partial charge >= 0.3 is 0 Å². The summed E-state index contributed by atoms with van der Waals surface area (Å²) in [6.45, 7) is 6.20. The van der Waals surface area contributed by atoms with Gasteiger partial charge in [0.1, 0.15) is 5.75 Å². The normalized spacial score (nSPS) is 11.6. The molecule has 1 rings (SSSR count). The monoisotopic (exact) mass is 293 g/mol. The van der Waals surface area contributed by atoms with E-state index in [-0.39, 0.29) is 24.5 Å². The van der Waals surface area contributed by atoms with Gasteiger partial charge in [0.15, 0.2) is 6.61 Å². The van der Waals surface area contributed by atoms with Gasteiger partial charge in [0.05, 0.1) is 5.69 Å². The van der Waals surface area contributed by atoms with Crippen molar-refractivity contribution in [2.45, 2.75) is 33.2 Å². The number of benzene rings is 1. The van der Waals surface area contributed by atoms with Crippen molar-refractivity contribution in [3.63, 3.8) is 0 Å². The molecule has 0 aromatic heterocycles. The predicted molar refractivity (Wildman–Crippen MR) is 82.3 cm³/mol. The number of carbonyl (C=O) groups is 2. The molecule has 0 radical (unpaired) electrons. The second kappa shape index (κ2) is 8.14. The van der Waals surface area contributed by atoms with Crippen LogP contribution >= 0.6 is 0 Å². The summed E-state index contributed by atoms with van der Waals surface area (Å²) in [4.78, 5) is 23.3. The Morgan fingerprint density at radius 3 is 2.62 bits per heavy atom. The molecule has 1 atom stereocenters. The molecule has 1 unspecified atom stereocenters. The largest absolute Gasteiger partial charge is 0.482 e. The number of carbonyl (C=O) groups excluding carboxylic acids is 2. The number of nitrogen functional groups attached to an aromatic ring is 1. The molecule has 1 aromatic carbocycles. The lowest BCUT2D eigenvalue weighted by atomic mass is 10.2. The van der Waals surface area contributed by atoms with E-state index >= 15 is 0 Å². The van der Waals surface area contributed by atoms with Gasteiger partial charge in [0, 0.05) is 18.2 Å². The van der Waals surface area contributed by atoms with Crippen LogP contribution in [0, 0.1) is 0 Å². The number of anilines is 1. The molecule has 0 aliphatic carbocycles. The van der Waals surface area contributed by atoms with Crippen molar-refractivity contribution in [1.82, 2.24) is 10.6 Å². The summed E-state index contributed by atoms with van der Waals surface area (Å²) in [5.74, 6) is 0.00386. The molecule has 116 valence electrons. The third-order valence-electron chi connectivity index (χ3n) is 2.99. The number of nitrogens with two attached hydrogens (primary N) is 1. The first-order valence-corrected chi connectivity index (χ1v) is 7.07. The van der Waals surface area contributed by atoms with Crippen molar-refractivity contribution >= 4 is 17.5 Å². The van der Waals surface area contributed by atoms with Crippen LogP contribution in [0.4, 0.5) is 5.69 Å². The van der Waals surface area contributed by atoms with Crippen LogP contribution in [0.15, 0.2) is 18.2 Å². The third kappa shape index (κ3) is 5.33. The SMILES string of the molecule is CCNC(=O)c1ccc(OCC(=O)NC(C)CC)c(N)c1. The van der Waals surface area contributed by atoms with Crippen LogP contribution in [0.3, 0.4) is 0 Å². The summed E-state index contributed by atoms with van der Waals surface area (Å²) in [6.07, 6.45) is 0.856. The summed E-state index contributed by atoms with van der Waals surface area (Å²) < 4.78 is 5.37. The van der Waals surface area contributed by atoms with Gasteiger partial charge in [-0.2, -0.15) is 0 Å². The Morgan fingerprint density at radius 2 is 2.05 bits per heavy atom. The highest BCUT2D eigenvalue weighted by Crippen LogP contribution is 2.22. The highest BCUT2D eigenvalue weighted by atomic mass is 16.5. The Balaban J connectivity index is 2.61. The van der Waals surface area contributed by atoms with Crippen LogP contribution in [-0.4, -0.2) is 31.0 Å². The number of amides is 2. The van der Waals surface area contributed by atoms with Crippen molar-refractivity contribution in [3.05, 3.63) is 23.8 Å². The van der Waals surface area contributed by atoms with Crippen LogP contribution in [-0.2, 0) is 4.79 Å². The zero-order chi connectivity index (χ0) is 15.8. The first-order chi connectivity index (χ1) is 9.97. The molecule has 0 aliphatic heterocycles. The molecule has 6 nitrogen and oxygen atoms in total. The van der Waals surface area contributed by atoms with E-state index in [9.17, 15) is 9.59 Å². The lowest BCUT2D eigenvalue weighted by Gasteiger charge is -2.13. The van der Waals surface area contributed by atoms with Crippen LogP contribution in [0.25, 0.3) is 0 Å². The minimum atomic E-state index is -0.198. The van der Waals surface area contributed by atoms with Gasteiger partial charge in [-0.3, -0.25) is 9.59 Å². The summed E-state index contributed by atoms with van der Waals surface area (Å²) in [7, 11) is 0. The number of ether oxygens (including phenoxy) is 1. The van der Waals surface area contributed by atoms with Crippen LogP contribution in [0.2, 0.25) is 0 Å². The van der Waals surface area contributed by atoms with E-state index in [1.54, 1.807) is 12.1 Å². The van der Waals surface area contributed by atoms with Crippen LogP contribution < -0.4 is 21.1 Å². The number of hydrogen-bond donors (Lipinski definition) is 3. The molecule has 21 heavy (non-hydrogen) atoms. The summed E-state index contributed by atoms with van der Waals surface area (Å²) >= 11 is 0. The van der Waals surface area contributed by atoms with E-state index in [4.69, 9.17) is 10.5 Å². The maximum absolute atomic E-state index is 11.7. The van der Waals surface area contributed by atoms with E-state index in [2.05, 4.69) is 10.6 Å². The van der Waals surface area contributed by atoms with Gasteiger partial charge in [0.25, 0.3) is 11.8 Å². The lowest BCUT2D eigenvalue weighted by Crippen LogP contribution is -2.35. The zero-order valence-electron chi connectivity index (χ0n) is 12.7. The molecule has 0 saturated carbocycles. The molecule has 0 spiro atoms. The average Bonchev–Trinajstić information content (AvgIpc) is 2.46. The Hall–Kier alpha value is -2.24. The molecular weight excluding hydrogens is 270 g/mol. The number of rotatable bonds is 7. The molecule has 0 fully saturated rings. The number of nitrogens with one attached hydrogen (secondary N) is 2. The predicted octanol–water partition coefficient (Wildman–Crippen LogP) is 1.31. The minimum Gasteiger partial charge on any atom is -0.482 e. The topological polar surface area (TPSA) is 93.4 Å². The second-order valence-corrected chi connectivity index (χ2v) is 4.78. The minimum absolute atomic E-state index is 0.102. The maximum atomic E-state index is 11.7. The van der Waals surface area contributed by atoms with Crippen LogP contribution in [0.5, 0.6) is 5.75 Å². The Labute approximate surface area is 125 Å². The highest BCUT2D eigenvalue weighted by molar-refractivity contribution is 5.95. The fourth-order valence-electron chi connectivity index (χ4n) is 1.65. The van der Waals surface area contributed by atoms with E-state index in [1.807, 2.05) is 20.8 Å². The van der Waals surface area contributed by atoms with E-state index in [0.29, 0.717) is 23.5 Å². The first-order valence-electron chi connectivity index (χ1n) is 7.07. The van der Waals surface area contributed by atoms with Crippen LogP contribution in [0.1, 0.15) is 37.6 Å². The lowest BCUT2D eigenvalue weighted by molar-refractivity contribution is -0.123. The van der Waals surface area contributed by atoms with Crippen molar-refractivity contribution in [1.29, 1.82) is 0 Å². The van der Waals surface area contributed by atoms with Gasteiger partial charge in [-0.05, 0) is 38.5 Å². The third-order valence-corrected chi connectivity index (χ3v) is 2.99. The first kappa shape index (κ1) is 16.8. The van der Waals surface area contributed by atoms with Gasteiger partial charge < -0.3 is 21.1 Å². The van der Waals surface area contributed by atoms with Crippen molar-refractivity contribution in [2.24, 2.45) is 0 Å². The number of hydrogen-bond acceptors (Lipinski definition) is 4. The van der Waals surface area contributed by atoms with Gasteiger partial charge in [-0.1, -0.05) is 6.92 Å². The molecule has 1 aromatic rings. The quantitative estimate of drug-likeness (QED) is 0.661. The van der Waals surface area contributed by atoms with Gasteiger partial charge in [-0.25, -0.2) is 0 Å². The molecule has 4 N–H and O–H groups in total. The molecule has 0 aliphatic rings. The van der Waals surface area contributed by atoms with Crippen molar-refractivity contribution < 1.29 is 14.3 Å². The fourth-order valence-corrected chi connectivity index (χ4v) is 1.65. The smallest absolute Gasteiger partial charge is 0.258 e. The Bertz CT molecular complexity index is 503. The molecule has 6 heteroatoms. The van der Waals surface area contributed by atoms with E-state index in [0.717, 1.165) is 6.42 Å². The maximum Gasteiger partial charge on any atom is 0.258 e. The van der Waals surface area contributed by atoms with E-state index in [1.165, 1.54) is 6.07 Å².